The first-order chi connectivity index (χ1) is 29.1. The van der Waals surface area contributed by atoms with Gasteiger partial charge in [0.2, 0.25) is 7.49 Å². The molecule has 0 amide bonds. The number of fused-ring (bicyclic) bond motifs is 5. The standard InChI is InChI=1S/C55H38N2OP/c58-59(47-34-28-38-16-10-12-20-42(38)36-47,48-35-29-39-17-11-13-21-43(39)37-48)46-32-30-40(31-33-46)52-51-53(57-54(56-52)41-18-4-1-5-19-41)49-26-14-15-27-50(49)55(51,44-22-6-2-7-23-44)45-24-8-3-9-25-45/h1-37,58H/q+1. The van der Waals surface area contributed by atoms with E-state index in [2.05, 4.69) is 206 Å². The third-order valence-corrected chi connectivity index (χ3v) is 15.1. The first kappa shape index (κ1) is 35.2. The Hall–Kier alpha value is -7.03. The van der Waals surface area contributed by atoms with Crippen LogP contribution in [0.15, 0.2) is 224 Å². The zero-order valence-electron chi connectivity index (χ0n) is 32.2. The minimum absolute atomic E-state index is 0.673. The number of rotatable bonds is 7. The average molecular weight is 774 g/mol. The largest absolute Gasteiger partial charge is 0.238 e. The monoisotopic (exact) mass is 773 g/mol. The molecule has 59 heavy (non-hydrogen) atoms. The molecule has 1 aromatic heterocycles. The van der Waals surface area contributed by atoms with Crippen LogP contribution in [0.1, 0.15) is 22.3 Å². The molecule has 10 aromatic rings. The van der Waals surface area contributed by atoms with E-state index in [0.717, 1.165) is 82.2 Å². The normalized spacial score (nSPS) is 13.0. The fraction of sp³-hybridized carbons (Fsp3) is 0.0182. The summed E-state index contributed by atoms with van der Waals surface area (Å²) < 4.78 is 0. The topological polar surface area (TPSA) is 46.0 Å². The van der Waals surface area contributed by atoms with Crippen molar-refractivity contribution in [3.05, 3.63) is 247 Å². The SMILES string of the molecule is O[P+](c1ccc(-c2nc(-c3ccccc3)nc3c2C(c2ccccc2)(c2ccccc2)c2ccccc2-3)cc1)(c1ccc2ccccc2c1)c1ccc2ccccc2c1. The summed E-state index contributed by atoms with van der Waals surface area (Å²) in [6, 6.07) is 78.6. The maximum atomic E-state index is 13.4. The minimum atomic E-state index is -3.12. The molecule has 11 rings (SSSR count). The van der Waals surface area contributed by atoms with Gasteiger partial charge in [-0.3, -0.25) is 0 Å². The Morgan fingerprint density at radius 3 is 1.41 bits per heavy atom. The molecule has 4 heteroatoms. The van der Waals surface area contributed by atoms with Gasteiger partial charge in [-0.05, 0) is 86.8 Å². The predicted octanol–water partition coefficient (Wildman–Crippen LogP) is 11.7. The lowest BCUT2D eigenvalue weighted by Crippen LogP contribution is -2.31. The highest BCUT2D eigenvalue weighted by Crippen LogP contribution is 2.58. The summed E-state index contributed by atoms with van der Waals surface area (Å²) in [6.45, 7) is 0. The zero-order chi connectivity index (χ0) is 39.4. The van der Waals surface area contributed by atoms with Gasteiger partial charge in [0.1, 0.15) is 15.9 Å². The van der Waals surface area contributed by atoms with Crippen molar-refractivity contribution in [2.75, 3.05) is 0 Å². The van der Waals surface area contributed by atoms with Gasteiger partial charge in [-0.15, -0.1) is 0 Å². The second-order valence-electron chi connectivity index (χ2n) is 15.3. The summed E-state index contributed by atoms with van der Waals surface area (Å²) >= 11 is 0. The Balaban J connectivity index is 1.17. The molecule has 9 aromatic carbocycles. The third kappa shape index (κ3) is 5.58. The fourth-order valence-electron chi connectivity index (χ4n) is 9.27. The number of hydrogen-bond donors (Lipinski definition) is 1. The van der Waals surface area contributed by atoms with E-state index in [9.17, 15) is 4.89 Å². The lowest BCUT2D eigenvalue weighted by atomic mass is 9.67. The lowest BCUT2D eigenvalue weighted by molar-refractivity contribution is 0.633. The van der Waals surface area contributed by atoms with Crippen molar-refractivity contribution in [3.63, 3.8) is 0 Å². The van der Waals surface area contributed by atoms with Crippen LogP contribution >= 0.6 is 7.49 Å². The van der Waals surface area contributed by atoms with Crippen LogP contribution in [-0.2, 0) is 5.41 Å². The molecule has 0 spiro atoms. The molecule has 0 bridgehead atoms. The summed E-state index contributed by atoms with van der Waals surface area (Å²) in [6.07, 6.45) is 0. The van der Waals surface area contributed by atoms with Crippen molar-refractivity contribution in [1.82, 2.24) is 9.97 Å². The molecule has 0 unspecified atom stereocenters. The molecule has 1 heterocycles. The van der Waals surface area contributed by atoms with E-state index >= 15 is 0 Å². The molecular formula is C55H38N2OP+. The molecular weight excluding hydrogens is 736 g/mol. The Morgan fingerprint density at radius 1 is 0.373 bits per heavy atom. The van der Waals surface area contributed by atoms with Gasteiger partial charge >= 0.3 is 0 Å². The van der Waals surface area contributed by atoms with Crippen molar-refractivity contribution < 1.29 is 4.89 Å². The summed E-state index contributed by atoms with van der Waals surface area (Å²) in [5, 5.41) is 7.19. The van der Waals surface area contributed by atoms with E-state index < -0.39 is 12.9 Å². The van der Waals surface area contributed by atoms with Gasteiger partial charge in [0.25, 0.3) is 0 Å². The van der Waals surface area contributed by atoms with E-state index in [4.69, 9.17) is 9.97 Å². The van der Waals surface area contributed by atoms with Gasteiger partial charge in [-0.25, -0.2) is 14.9 Å². The van der Waals surface area contributed by atoms with Crippen molar-refractivity contribution in [3.8, 4) is 33.9 Å². The van der Waals surface area contributed by atoms with Crippen LogP contribution in [0.2, 0.25) is 0 Å². The highest BCUT2D eigenvalue weighted by molar-refractivity contribution is 7.91. The number of benzene rings is 9. The van der Waals surface area contributed by atoms with Crippen LogP contribution in [0.5, 0.6) is 0 Å². The van der Waals surface area contributed by atoms with Crippen LogP contribution in [0.4, 0.5) is 0 Å². The first-order valence-electron chi connectivity index (χ1n) is 20.0. The Labute approximate surface area is 344 Å². The van der Waals surface area contributed by atoms with E-state index in [0.29, 0.717) is 5.82 Å². The van der Waals surface area contributed by atoms with Crippen LogP contribution in [0, 0.1) is 0 Å². The maximum absolute atomic E-state index is 13.4. The van der Waals surface area contributed by atoms with Crippen LogP contribution in [-0.4, -0.2) is 14.9 Å². The molecule has 278 valence electrons. The third-order valence-electron chi connectivity index (χ3n) is 12.0. The fourth-order valence-corrected chi connectivity index (χ4v) is 12.0. The number of nitrogens with zero attached hydrogens (tertiary/aromatic N) is 2. The Kier molecular flexibility index (Phi) is 8.41. The van der Waals surface area contributed by atoms with Gasteiger partial charge in [0.05, 0.1) is 16.8 Å². The average Bonchev–Trinajstić information content (AvgIpc) is 3.62. The smallest absolute Gasteiger partial charge is 0.235 e. The molecule has 1 N–H and O–H groups in total. The molecule has 0 aliphatic heterocycles. The van der Waals surface area contributed by atoms with Crippen LogP contribution in [0.25, 0.3) is 55.4 Å². The summed E-state index contributed by atoms with van der Waals surface area (Å²) in [5.41, 5.74) is 8.64. The van der Waals surface area contributed by atoms with E-state index in [-0.39, 0.29) is 0 Å². The van der Waals surface area contributed by atoms with Gasteiger partial charge < -0.3 is 0 Å². The number of hydrogen-bond acceptors (Lipinski definition) is 3. The minimum Gasteiger partial charge on any atom is -0.235 e. The molecule has 0 saturated carbocycles. The van der Waals surface area contributed by atoms with Gasteiger partial charge in [-0.1, -0.05) is 176 Å². The second-order valence-corrected chi connectivity index (χ2v) is 18.1. The van der Waals surface area contributed by atoms with Gasteiger partial charge in [0.15, 0.2) is 5.82 Å². The van der Waals surface area contributed by atoms with E-state index in [1.807, 2.05) is 18.2 Å². The summed E-state index contributed by atoms with van der Waals surface area (Å²) in [4.78, 5) is 24.4. The molecule has 0 saturated heterocycles. The molecule has 3 nitrogen and oxygen atoms in total. The van der Waals surface area contributed by atoms with Crippen molar-refractivity contribution >= 4 is 44.9 Å². The van der Waals surface area contributed by atoms with Gasteiger partial charge in [0, 0.05) is 22.3 Å². The Bertz CT molecular complexity index is 3050. The predicted molar refractivity (Wildman–Crippen MR) is 246 cm³/mol. The Morgan fingerprint density at radius 2 is 0.831 bits per heavy atom. The van der Waals surface area contributed by atoms with Crippen molar-refractivity contribution in [2.24, 2.45) is 0 Å². The van der Waals surface area contributed by atoms with Crippen molar-refractivity contribution in [2.45, 2.75) is 5.41 Å². The van der Waals surface area contributed by atoms with Crippen LogP contribution < -0.4 is 15.9 Å². The number of aromatic nitrogens is 2. The highest BCUT2D eigenvalue weighted by Gasteiger charge is 2.50. The van der Waals surface area contributed by atoms with Crippen molar-refractivity contribution in [1.29, 1.82) is 0 Å². The molecule has 1 aliphatic rings. The molecule has 0 radical (unpaired) electrons. The lowest BCUT2D eigenvalue weighted by Gasteiger charge is -2.34. The highest BCUT2D eigenvalue weighted by atomic mass is 31.2. The molecule has 1 aliphatic carbocycles. The molecule has 0 atom stereocenters. The van der Waals surface area contributed by atoms with E-state index in [1.54, 1.807) is 0 Å². The molecule has 0 fully saturated rings. The maximum Gasteiger partial charge on any atom is 0.238 e. The first-order valence-corrected chi connectivity index (χ1v) is 21.8. The van der Waals surface area contributed by atoms with Crippen LogP contribution in [0.3, 0.4) is 0 Å². The van der Waals surface area contributed by atoms with E-state index in [1.165, 1.54) is 5.56 Å². The summed E-state index contributed by atoms with van der Waals surface area (Å²) in [7, 11) is -3.12. The quantitative estimate of drug-likeness (QED) is 0.164. The summed E-state index contributed by atoms with van der Waals surface area (Å²) in [5.74, 6) is 0.673. The second kappa shape index (κ2) is 14.1. The zero-order valence-corrected chi connectivity index (χ0v) is 33.0. The van der Waals surface area contributed by atoms with Gasteiger partial charge in [-0.2, -0.15) is 0 Å².